The van der Waals surface area contributed by atoms with E-state index in [1.165, 1.54) is 12.8 Å². The lowest BCUT2D eigenvalue weighted by Gasteiger charge is -2.13. The smallest absolute Gasteiger partial charge is 0.277 e. The number of aromatic nitrogens is 6. The van der Waals surface area contributed by atoms with E-state index in [1.807, 2.05) is 12.1 Å². The van der Waals surface area contributed by atoms with E-state index in [0.717, 1.165) is 41.3 Å². The van der Waals surface area contributed by atoms with Crippen LogP contribution in [0.2, 0.25) is 0 Å². The normalized spacial score (nSPS) is 19.5. The number of alkyl halides is 3. The van der Waals surface area contributed by atoms with Crippen LogP contribution < -0.4 is 0 Å². The quantitative estimate of drug-likeness (QED) is 0.456. The molecule has 1 spiro atoms. The molecule has 0 aliphatic heterocycles. The van der Waals surface area contributed by atoms with Crippen molar-refractivity contribution in [1.82, 2.24) is 29.5 Å². The zero-order valence-corrected chi connectivity index (χ0v) is 15.4. The molecule has 152 valence electrons. The number of pyridine rings is 1. The van der Waals surface area contributed by atoms with Gasteiger partial charge in [-0.25, -0.2) is 4.98 Å². The molecule has 10 heteroatoms. The predicted molar refractivity (Wildman–Crippen MR) is 98.4 cm³/mol. The number of hydrogen-bond donors (Lipinski definition) is 0. The Balaban J connectivity index is 1.47. The molecule has 2 aliphatic carbocycles. The Morgan fingerprint density at radius 3 is 2.67 bits per heavy atom. The molecular weight excluding hydrogens is 400 g/mol. The predicted octanol–water partition coefficient (Wildman–Crippen LogP) is 4.70. The van der Waals surface area contributed by atoms with E-state index < -0.39 is 11.7 Å². The molecule has 4 aromatic rings. The molecule has 0 radical (unpaired) electrons. The summed E-state index contributed by atoms with van der Waals surface area (Å²) < 4.78 is 56.4. The van der Waals surface area contributed by atoms with Crippen LogP contribution >= 0.6 is 0 Å². The molecule has 1 unspecified atom stereocenters. The maximum Gasteiger partial charge on any atom is 0.418 e. The SMILES string of the molecule is Fn1c(-c2nncn2-c2cnccc2C(F)(F)F)nc2cc(C3CC34CC4)ccc21. The van der Waals surface area contributed by atoms with Crippen molar-refractivity contribution in [2.24, 2.45) is 5.41 Å². The molecule has 0 amide bonds. The van der Waals surface area contributed by atoms with E-state index in [-0.39, 0.29) is 22.9 Å². The lowest BCUT2D eigenvalue weighted by atomic mass is 10.1. The van der Waals surface area contributed by atoms with Crippen LogP contribution in [-0.4, -0.2) is 29.5 Å². The van der Waals surface area contributed by atoms with Gasteiger partial charge in [0.05, 0.1) is 23.0 Å². The number of imidazole rings is 1. The van der Waals surface area contributed by atoms with Crippen LogP contribution in [0.15, 0.2) is 43.0 Å². The zero-order chi connectivity index (χ0) is 20.7. The van der Waals surface area contributed by atoms with Gasteiger partial charge in [-0.3, -0.25) is 9.55 Å². The lowest BCUT2D eigenvalue weighted by Crippen LogP contribution is -2.12. The molecule has 6 nitrogen and oxygen atoms in total. The highest BCUT2D eigenvalue weighted by Crippen LogP contribution is 2.75. The van der Waals surface area contributed by atoms with Crippen LogP contribution in [0.25, 0.3) is 28.4 Å². The molecule has 0 bridgehead atoms. The van der Waals surface area contributed by atoms with E-state index in [9.17, 15) is 13.2 Å². The van der Waals surface area contributed by atoms with Crippen molar-refractivity contribution >= 4 is 11.0 Å². The zero-order valence-electron chi connectivity index (χ0n) is 15.4. The number of benzene rings is 1. The Labute approximate surface area is 167 Å². The summed E-state index contributed by atoms with van der Waals surface area (Å²) in [5.41, 5.74) is 1.01. The molecule has 0 N–H and O–H groups in total. The van der Waals surface area contributed by atoms with Gasteiger partial charge >= 0.3 is 6.18 Å². The molecule has 1 atom stereocenters. The summed E-state index contributed by atoms with van der Waals surface area (Å²) in [5, 5.41) is 7.53. The monoisotopic (exact) mass is 414 g/mol. The number of rotatable bonds is 3. The Hall–Kier alpha value is -3.30. The average Bonchev–Trinajstić information content (AvgIpc) is 3.56. The van der Waals surface area contributed by atoms with Gasteiger partial charge in [-0.15, -0.1) is 10.2 Å². The van der Waals surface area contributed by atoms with E-state index in [1.54, 1.807) is 6.07 Å². The molecule has 2 saturated carbocycles. The molecule has 2 fully saturated rings. The lowest BCUT2D eigenvalue weighted by molar-refractivity contribution is -0.137. The van der Waals surface area contributed by atoms with Crippen LogP contribution in [0, 0.1) is 5.41 Å². The average molecular weight is 414 g/mol. The fourth-order valence-corrected chi connectivity index (χ4v) is 4.34. The highest BCUT2D eigenvalue weighted by Gasteiger charge is 2.62. The third kappa shape index (κ3) is 2.49. The number of hydrogen-bond acceptors (Lipinski definition) is 4. The van der Waals surface area contributed by atoms with Gasteiger partial charge in [-0.2, -0.15) is 18.0 Å². The summed E-state index contributed by atoms with van der Waals surface area (Å²) in [6.45, 7) is 0. The second-order valence-electron chi connectivity index (χ2n) is 8.00. The van der Waals surface area contributed by atoms with E-state index >= 15 is 4.48 Å². The minimum Gasteiger partial charge on any atom is -0.277 e. The first-order valence-electron chi connectivity index (χ1n) is 9.48. The Kier molecular flexibility index (Phi) is 3.30. The van der Waals surface area contributed by atoms with Crippen molar-refractivity contribution in [3.05, 3.63) is 54.1 Å². The first kappa shape index (κ1) is 17.5. The van der Waals surface area contributed by atoms with Crippen LogP contribution in [0.5, 0.6) is 0 Å². The van der Waals surface area contributed by atoms with Crippen molar-refractivity contribution in [3.63, 3.8) is 0 Å². The highest BCUT2D eigenvalue weighted by atomic mass is 19.4. The van der Waals surface area contributed by atoms with Gasteiger partial charge in [0.25, 0.3) is 0 Å². The van der Waals surface area contributed by atoms with Crippen LogP contribution in [-0.2, 0) is 6.18 Å². The second kappa shape index (κ2) is 5.65. The molecular formula is C20H14F4N6. The maximum atomic E-state index is 15.1. The van der Waals surface area contributed by atoms with Gasteiger partial charge in [0.15, 0.2) is 0 Å². The highest BCUT2D eigenvalue weighted by molar-refractivity contribution is 5.80. The van der Waals surface area contributed by atoms with E-state index in [2.05, 4.69) is 20.2 Å². The maximum absolute atomic E-state index is 15.1. The van der Waals surface area contributed by atoms with Crippen LogP contribution in [0.1, 0.15) is 36.3 Å². The fraction of sp³-hybridized carbons (Fsp3) is 0.300. The fourth-order valence-electron chi connectivity index (χ4n) is 4.34. The molecule has 6 rings (SSSR count). The minimum atomic E-state index is -4.62. The first-order valence-corrected chi connectivity index (χ1v) is 9.48. The Morgan fingerprint density at radius 1 is 1.10 bits per heavy atom. The molecule has 3 heterocycles. The number of nitrogens with zero attached hydrogens (tertiary/aromatic N) is 6. The van der Waals surface area contributed by atoms with Gasteiger partial charge in [-0.05, 0) is 54.4 Å². The summed E-state index contributed by atoms with van der Waals surface area (Å²) in [6.07, 6.45) is 2.18. The molecule has 2 aliphatic rings. The standard InChI is InChI=1S/C20H14F4N6/c21-20(22,23)12-3-6-25-9-16(12)29-10-26-28-18(29)17-27-14-7-11(1-2-15(14)30(17)24)13-8-19(13)4-5-19/h1-3,6-7,9-10,13H,4-5,8H2. The van der Waals surface area contributed by atoms with Crippen LogP contribution in [0.3, 0.4) is 0 Å². The minimum absolute atomic E-state index is 0.140. The van der Waals surface area contributed by atoms with Crippen molar-refractivity contribution < 1.29 is 17.7 Å². The number of halogens is 4. The third-order valence-electron chi connectivity index (χ3n) is 6.22. The first-order chi connectivity index (χ1) is 14.4. The second-order valence-corrected chi connectivity index (χ2v) is 8.00. The Morgan fingerprint density at radius 2 is 1.93 bits per heavy atom. The van der Waals surface area contributed by atoms with Gasteiger partial charge in [0.2, 0.25) is 11.6 Å². The summed E-state index contributed by atoms with van der Waals surface area (Å²) >= 11 is 0. The largest absolute Gasteiger partial charge is 0.418 e. The number of fused-ring (bicyclic) bond motifs is 1. The van der Waals surface area contributed by atoms with Gasteiger partial charge in [0, 0.05) is 6.20 Å². The topological polar surface area (TPSA) is 61.4 Å². The summed E-state index contributed by atoms with van der Waals surface area (Å²) in [5.74, 6) is 0.135. The van der Waals surface area contributed by atoms with Gasteiger partial charge < -0.3 is 0 Å². The van der Waals surface area contributed by atoms with Crippen LogP contribution in [0.4, 0.5) is 17.7 Å². The van der Waals surface area contributed by atoms with Crippen molar-refractivity contribution in [1.29, 1.82) is 0 Å². The molecule has 1 aromatic carbocycles. The summed E-state index contributed by atoms with van der Waals surface area (Å²) in [6, 6.07) is 6.27. The van der Waals surface area contributed by atoms with Gasteiger partial charge in [-0.1, -0.05) is 10.5 Å². The molecule has 0 saturated heterocycles. The summed E-state index contributed by atoms with van der Waals surface area (Å²) in [7, 11) is 0. The summed E-state index contributed by atoms with van der Waals surface area (Å²) in [4.78, 5) is 8.45. The Bertz CT molecular complexity index is 1300. The van der Waals surface area contributed by atoms with Crippen molar-refractivity contribution in [2.75, 3.05) is 0 Å². The van der Waals surface area contributed by atoms with E-state index in [0.29, 0.717) is 21.6 Å². The van der Waals surface area contributed by atoms with E-state index in [4.69, 9.17) is 0 Å². The molecule has 30 heavy (non-hydrogen) atoms. The van der Waals surface area contributed by atoms with Gasteiger partial charge in [0.1, 0.15) is 11.8 Å². The third-order valence-corrected chi connectivity index (χ3v) is 6.22. The molecule has 3 aromatic heterocycles. The van der Waals surface area contributed by atoms with Crippen molar-refractivity contribution in [2.45, 2.75) is 31.4 Å². The van der Waals surface area contributed by atoms with Crippen molar-refractivity contribution in [3.8, 4) is 17.3 Å².